The van der Waals surface area contributed by atoms with Crippen LogP contribution in [0.3, 0.4) is 0 Å². The Labute approximate surface area is 119 Å². The lowest BCUT2D eigenvalue weighted by Gasteiger charge is -2.02. The number of aromatic amines is 1. The van der Waals surface area contributed by atoms with Crippen LogP contribution in [-0.2, 0) is 16.1 Å². The van der Waals surface area contributed by atoms with Gasteiger partial charge in [0.2, 0.25) is 0 Å². The molecule has 0 aliphatic rings. The fraction of sp³-hybridized carbons (Fsp3) is 0.231. The van der Waals surface area contributed by atoms with E-state index in [0.717, 1.165) is 0 Å². The average Bonchev–Trinajstić information content (AvgIpc) is 2.85. The van der Waals surface area contributed by atoms with Gasteiger partial charge in [0.05, 0.1) is 19.0 Å². The molecule has 0 aromatic carbocycles. The normalized spacial score (nSPS) is 10.2. The average molecular weight is 290 g/mol. The molecule has 0 saturated carbocycles. The highest BCUT2D eigenvalue weighted by atomic mass is 16.5. The lowest BCUT2D eigenvalue weighted by atomic mass is 10.2. The number of hydrogen-bond donors (Lipinski definition) is 2. The van der Waals surface area contributed by atoms with Gasteiger partial charge in [-0.1, -0.05) is 0 Å². The monoisotopic (exact) mass is 290 g/mol. The van der Waals surface area contributed by atoms with E-state index in [-0.39, 0.29) is 12.1 Å². The molecule has 1 amide bonds. The van der Waals surface area contributed by atoms with Gasteiger partial charge >= 0.3 is 5.97 Å². The summed E-state index contributed by atoms with van der Waals surface area (Å²) < 4.78 is 5.83. The van der Waals surface area contributed by atoms with E-state index in [2.05, 4.69) is 20.1 Å². The van der Waals surface area contributed by atoms with Crippen molar-refractivity contribution in [1.29, 1.82) is 0 Å². The van der Waals surface area contributed by atoms with E-state index in [1.54, 1.807) is 13.0 Å². The van der Waals surface area contributed by atoms with E-state index in [4.69, 9.17) is 0 Å². The third kappa shape index (κ3) is 3.56. The molecule has 0 aliphatic carbocycles. The summed E-state index contributed by atoms with van der Waals surface area (Å²) in [6, 6.07) is 3.08. The zero-order chi connectivity index (χ0) is 15.4. The second kappa shape index (κ2) is 6.04. The molecule has 0 bridgehead atoms. The molecule has 8 heteroatoms. The van der Waals surface area contributed by atoms with Crippen LogP contribution in [0.2, 0.25) is 0 Å². The molecule has 2 heterocycles. The number of nitrogens with zero attached hydrogens (tertiary/aromatic N) is 2. The number of hydrogen-bond acceptors (Lipinski definition) is 5. The Morgan fingerprint density at radius 3 is 2.86 bits per heavy atom. The maximum absolute atomic E-state index is 12.0. The molecule has 2 aromatic rings. The summed E-state index contributed by atoms with van der Waals surface area (Å²) in [5.41, 5.74) is 0.585. The molecule has 0 atom stereocenters. The minimum absolute atomic E-state index is 0.00122. The molecule has 8 nitrogen and oxygen atoms in total. The van der Waals surface area contributed by atoms with Crippen LogP contribution in [-0.4, -0.2) is 33.8 Å². The zero-order valence-electron chi connectivity index (χ0n) is 11.5. The second-order valence-electron chi connectivity index (χ2n) is 4.34. The maximum Gasteiger partial charge on any atom is 0.327 e. The van der Waals surface area contributed by atoms with Crippen LogP contribution in [0.25, 0.3) is 0 Å². The Kier molecular flexibility index (Phi) is 4.17. The first-order valence-corrected chi connectivity index (χ1v) is 6.10. The molecular formula is C13H14N4O4. The van der Waals surface area contributed by atoms with Crippen molar-refractivity contribution in [2.75, 3.05) is 12.4 Å². The van der Waals surface area contributed by atoms with Crippen LogP contribution < -0.4 is 10.9 Å². The zero-order valence-corrected chi connectivity index (χ0v) is 11.5. The van der Waals surface area contributed by atoms with Gasteiger partial charge < -0.3 is 15.0 Å². The molecule has 0 fully saturated rings. The first-order valence-electron chi connectivity index (χ1n) is 6.10. The minimum atomic E-state index is -0.547. The van der Waals surface area contributed by atoms with Crippen LogP contribution in [0.1, 0.15) is 16.1 Å². The van der Waals surface area contributed by atoms with Gasteiger partial charge in [0.1, 0.15) is 12.1 Å². The molecule has 110 valence electrons. The number of esters is 1. The van der Waals surface area contributed by atoms with Crippen LogP contribution in [0.5, 0.6) is 0 Å². The van der Waals surface area contributed by atoms with Gasteiger partial charge in [-0.05, 0) is 19.1 Å². The number of ether oxygens (including phenoxy) is 1. The number of carbonyl (C=O) groups is 2. The van der Waals surface area contributed by atoms with Crippen LogP contribution >= 0.6 is 0 Å². The summed E-state index contributed by atoms with van der Waals surface area (Å²) in [4.78, 5) is 37.3. The molecule has 2 rings (SSSR count). The highest BCUT2D eigenvalue weighted by Gasteiger charge is 2.12. The first kappa shape index (κ1) is 14.5. The number of methoxy groups -OCH3 is 1. The Morgan fingerprint density at radius 1 is 1.43 bits per heavy atom. The Balaban J connectivity index is 2.09. The summed E-state index contributed by atoms with van der Waals surface area (Å²) >= 11 is 0. The van der Waals surface area contributed by atoms with E-state index < -0.39 is 17.4 Å². The summed E-state index contributed by atoms with van der Waals surface area (Å²) in [5, 5.41) is 6.44. The van der Waals surface area contributed by atoms with Crippen LogP contribution in [0, 0.1) is 6.92 Å². The maximum atomic E-state index is 12.0. The summed E-state index contributed by atoms with van der Waals surface area (Å²) in [7, 11) is 1.28. The molecule has 0 spiro atoms. The smallest absolute Gasteiger partial charge is 0.327 e. The molecule has 21 heavy (non-hydrogen) atoms. The Bertz CT molecular complexity index is 732. The predicted octanol–water partition coefficient (Wildman–Crippen LogP) is 0.305. The van der Waals surface area contributed by atoms with Crippen molar-refractivity contribution in [1.82, 2.24) is 14.8 Å². The summed E-state index contributed by atoms with van der Waals surface area (Å²) in [5.74, 6) is -1.00. The lowest BCUT2D eigenvalue weighted by Crippen LogP contribution is -2.23. The van der Waals surface area contributed by atoms with Crippen molar-refractivity contribution in [3.8, 4) is 0 Å². The van der Waals surface area contributed by atoms with Crippen molar-refractivity contribution in [2.24, 2.45) is 0 Å². The molecule has 0 unspecified atom stereocenters. The Morgan fingerprint density at radius 2 is 2.19 bits per heavy atom. The number of amides is 1. The molecular weight excluding hydrogens is 276 g/mol. The molecule has 0 aliphatic heterocycles. The van der Waals surface area contributed by atoms with Crippen molar-refractivity contribution < 1.29 is 14.3 Å². The highest BCUT2D eigenvalue weighted by Crippen LogP contribution is 2.07. The van der Waals surface area contributed by atoms with E-state index in [9.17, 15) is 14.4 Å². The number of aryl methyl sites for hydroxylation is 1. The number of H-pyrrole nitrogens is 1. The van der Waals surface area contributed by atoms with Gasteiger partial charge in [-0.25, -0.2) is 0 Å². The standard InChI is InChI=1S/C13H14N4O4/c1-8-3-4-10(12(19)15-8)13(20)16-9-5-14-17(6-9)7-11(18)21-2/h3-6H,7H2,1-2H3,(H,15,19)(H,16,20). The molecule has 2 aromatic heterocycles. The van der Waals surface area contributed by atoms with Gasteiger partial charge in [0.15, 0.2) is 0 Å². The quantitative estimate of drug-likeness (QED) is 0.788. The van der Waals surface area contributed by atoms with Crippen molar-refractivity contribution in [3.63, 3.8) is 0 Å². The van der Waals surface area contributed by atoms with Gasteiger partial charge in [0.25, 0.3) is 11.5 Å². The van der Waals surface area contributed by atoms with E-state index in [1.807, 2.05) is 0 Å². The van der Waals surface area contributed by atoms with Gasteiger partial charge in [0, 0.05) is 11.9 Å². The van der Waals surface area contributed by atoms with E-state index in [0.29, 0.717) is 11.4 Å². The molecule has 0 saturated heterocycles. The highest BCUT2D eigenvalue weighted by molar-refractivity contribution is 6.03. The fourth-order valence-corrected chi connectivity index (χ4v) is 1.66. The van der Waals surface area contributed by atoms with Crippen molar-refractivity contribution in [2.45, 2.75) is 13.5 Å². The van der Waals surface area contributed by atoms with E-state index in [1.165, 1.54) is 30.3 Å². The second-order valence-corrected chi connectivity index (χ2v) is 4.34. The summed E-state index contributed by atoms with van der Waals surface area (Å²) in [6.45, 7) is 1.66. The molecule has 0 radical (unpaired) electrons. The number of aromatic nitrogens is 3. The minimum Gasteiger partial charge on any atom is -0.468 e. The third-order valence-corrected chi connectivity index (χ3v) is 2.71. The number of anilines is 1. The SMILES string of the molecule is COC(=O)Cn1cc(NC(=O)c2ccc(C)[nH]c2=O)cn1. The number of nitrogens with one attached hydrogen (secondary N) is 2. The number of carbonyl (C=O) groups excluding carboxylic acids is 2. The Hall–Kier alpha value is -2.90. The van der Waals surface area contributed by atoms with Crippen molar-refractivity contribution >= 4 is 17.6 Å². The number of pyridine rings is 1. The number of rotatable bonds is 4. The molecule has 2 N–H and O–H groups in total. The van der Waals surface area contributed by atoms with Gasteiger partial charge in [-0.3, -0.25) is 19.1 Å². The topological polar surface area (TPSA) is 106 Å². The van der Waals surface area contributed by atoms with Gasteiger partial charge in [-0.2, -0.15) is 5.10 Å². The van der Waals surface area contributed by atoms with E-state index >= 15 is 0 Å². The largest absolute Gasteiger partial charge is 0.468 e. The first-order chi connectivity index (χ1) is 9.99. The third-order valence-electron chi connectivity index (χ3n) is 2.71. The van der Waals surface area contributed by atoms with Crippen molar-refractivity contribution in [3.05, 3.63) is 46.1 Å². The fourth-order valence-electron chi connectivity index (χ4n) is 1.66. The predicted molar refractivity (Wildman–Crippen MR) is 74.0 cm³/mol. The summed E-state index contributed by atoms with van der Waals surface area (Å²) in [6.07, 6.45) is 2.85. The van der Waals surface area contributed by atoms with Gasteiger partial charge in [-0.15, -0.1) is 0 Å². The van der Waals surface area contributed by atoms with Crippen LogP contribution in [0.4, 0.5) is 5.69 Å². The lowest BCUT2D eigenvalue weighted by molar-refractivity contribution is -0.141. The van der Waals surface area contributed by atoms with Crippen LogP contribution in [0.15, 0.2) is 29.3 Å².